The molecule has 0 aliphatic rings. The summed E-state index contributed by atoms with van der Waals surface area (Å²) >= 11 is 3.14. The Kier molecular flexibility index (Phi) is 5.23. The first-order chi connectivity index (χ1) is 10.8. The van der Waals surface area contributed by atoms with Crippen molar-refractivity contribution in [1.29, 1.82) is 0 Å². The van der Waals surface area contributed by atoms with Crippen LogP contribution in [0.1, 0.15) is 34.8 Å². The standard InChI is InChI=1S/C16H18BrN3O3/c1-16(2,9-18)20-14(21)10-3-5-11(6-4-10)19-15(22)12-7-8-13(17)23-12/h3-8H,9,18H2,1-2H3,(H,19,22)(H,20,21). The Labute approximate surface area is 142 Å². The highest BCUT2D eigenvalue weighted by molar-refractivity contribution is 9.10. The fraction of sp³-hybridized carbons (Fsp3) is 0.250. The second-order valence-electron chi connectivity index (χ2n) is 5.68. The minimum absolute atomic E-state index is 0.198. The molecule has 0 aliphatic carbocycles. The summed E-state index contributed by atoms with van der Waals surface area (Å²) in [5.74, 6) is -0.381. The summed E-state index contributed by atoms with van der Waals surface area (Å²) in [5.41, 5.74) is 6.18. The van der Waals surface area contributed by atoms with Crippen molar-refractivity contribution in [1.82, 2.24) is 5.32 Å². The van der Waals surface area contributed by atoms with Crippen molar-refractivity contribution in [2.45, 2.75) is 19.4 Å². The number of furan rings is 1. The monoisotopic (exact) mass is 379 g/mol. The van der Waals surface area contributed by atoms with Crippen molar-refractivity contribution in [2.24, 2.45) is 5.73 Å². The van der Waals surface area contributed by atoms with Gasteiger partial charge in [0.05, 0.1) is 0 Å². The average Bonchev–Trinajstić information content (AvgIpc) is 2.94. The van der Waals surface area contributed by atoms with Crippen LogP contribution in [0.4, 0.5) is 5.69 Å². The Morgan fingerprint density at radius 2 is 1.78 bits per heavy atom. The lowest BCUT2D eigenvalue weighted by Gasteiger charge is -2.24. The van der Waals surface area contributed by atoms with Crippen LogP contribution in [0.3, 0.4) is 0 Å². The van der Waals surface area contributed by atoms with Crippen molar-refractivity contribution in [3.63, 3.8) is 0 Å². The van der Waals surface area contributed by atoms with Gasteiger partial charge in [-0.2, -0.15) is 0 Å². The molecule has 6 nitrogen and oxygen atoms in total. The van der Waals surface area contributed by atoms with Gasteiger partial charge in [0.25, 0.3) is 11.8 Å². The predicted octanol–water partition coefficient (Wildman–Crippen LogP) is 2.76. The molecular formula is C16H18BrN3O3. The van der Waals surface area contributed by atoms with Gasteiger partial charge in [-0.1, -0.05) is 0 Å². The average molecular weight is 380 g/mol. The number of nitrogens with two attached hydrogens (primary N) is 1. The van der Waals surface area contributed by atoms with E-state index in [4.69, 9.17) is 10.2 Å². The number of benzene rings is 1. The summed E-state index contributed by atoms with van der Waals surface area (Å²) in [7, 11) is 0. The van der Waals surface area contributed by atoms with Gasteiger partial charge in [0.2, 0.25) is 0 Å². The number of amides is 2. The highest BCUT2D eigenvalue weighted by Gasteiger charge is 2.19. The molecule has 1 aromatic carbocycles. The summed E-state index contributed by atoms with van der Waals surface area (Å²) in [6.07, 6.45) is 0. The largest absolute Gasteiger partial charge is 0.444 e. The van der Waals surface area contributed by atoms with Gasteiger partial charge in [-0.25, -0.2) is 0 Å². The number of nitrogens with one attached hydrogen (secondary N) is 2. The Hall–Kier alpha value is -2.12. The number of carbonyl (C=O) groups is 2. The molecule has 0 aliphatic heterocycles. The van der Waals surface area contributed by atoms with Crippen LogP contribution in [0, 0.1) is 0 Å². The van der Waals surface area contributed by atoms with Gasteiger partial charge >= 0.3 is 0 Å². The van der Waals surface area contributed by atoms with Crippen molar-refractivity contribution in [3.05, 3.63) is 52.4 Å². The zero-order valence-electron chi connectivity index (χ0n) is 12.9. The van der Waals surface area contributed by atoms with E-state index in [9.17, 15) is 9.59 Å². The molecule has 0 fully saturated rings. The summed E-state index contributed by atoms with van der Waals surface area (Å²) in [6, 6.07) is 9.78. The van der Waals surface area contributed by atoms with E-state index < -0.39 is 5.54 Å². The molecule has 2 rings (SSSR count). The number of anilines is 1. The molecule has 2 amide bonds. The number of hydrogen-bond acceptors (Lipinski definition) is 4. The predicted molar refractivity (Wildman–Crippen MR) is 91.4 cm³/mol. The van der Waals surface area contributed by atoms with Crippen LogP contribution in [-0.2, 0) is 0 Å². The molecule has 0 saturated carbocycles. The van der Waals surface area contributed by atoms with E-state index in [0.29, 0.717) is 22.5 Å². The van der Waals surface area contributed by atoms with Gasteiger partial charge < -0.3 is 20.8 Å². The summed E-state index contributed by atoms with van der Waals surface area (Å²) in [6.45, 7) is 4.04. The third-order valence-electron chi connectivity index (χ3n) is 3.16. The lowest BCUT2D eigenvalue weighted by Crippen LogP contribution is -2.48. The molecule has 2 aromatic rings. The SMILES string of the molecule is CC(C)(CN)NC(=O)c1ccc(NC(=O)c2ccc(Br)o2)cc1. The molecular weight excluding hydrogens is 362 g/mol. The van der Waals surface area contributed by atoms with Crippen molar-refractivity contribution >= 4 is 33.4 Å². The lowest BCUT2D eigenvalue weighted by atomic mass is 10.1. The number of carbonyl (C=O) groups excluding carboxylic acids is 2. The van der Waals surface area contributed by atoms with E-state index in [2.05, 4.69) is 26.6 Å². The molecule has 7 heteroatoms. The first-order valence-electron chi connectivity index (χ1n) is 7.00. The van der Waals surface area contributed by atoms with E-state index >= 15 is 0 Å². The summed E-state index contributed by atoms with van der Waals surface area (Å²) < 4.78 is 5.66. The highest BCUT2D eigenvalue weighted by atomic mass is 79.9. The second-order valence-corrected chi connectivity index (χ2v) is 6.46. The smallest absolute Gasteiger partial charge is 0.291 e. The number of rotatable bonds is 5. The van der Waals surface area contributed by atoms with Crippen LogP contribution in [0.25, 0.3) is 0 Å². The van der Waals surface area contributed by atoms with Gasteiger partial charge in [0.1, 0.15) is 0 Å². The van der Waals surface area contributed by atoms with E-state index in [-0.39, 0.29) is 17.6 Å². The molecule has 0 unspecified atom stereocenters. The first-order valence-corrected chi connectivity index (χ1v) is 7.79. The van der Waals surface area contributed by atoms with Crippen molar-refractivity contribution in [2.75, 3.05) is 11.9 Å². The zero-order chi connectivity index (χ0) is 17.0. The van der Waals surface area contributed by atoms with Crippen molar-refractivity contribution in [3.8, 4) is 0 Å². The molecule has 1 heterocycles. The minimum atomic E-state index is -0.476. The Morgan fingerprint density at radius 1 is 1.13 bits per heavy atom. The quantitative estimate of drug-likeness (QED) is 0.743. The maximum absolute atomic E-state index is 12.1. The molecule has 0 atom stereocenters. The Morgan fingerprint density at radius 3 is 2.30 bits per heavy atom. The molecule has 23 heavy (non-hydrogen) atoms. The van der Waals surface area contributed by atoms with Gasteiger partial charge in [0, 0.05) is 23.3 Å². The fourth-order valence-electron chi connectivity index (χ4n) is 1.76. The second kappa shape index (κ2) is 6.97. The molecule has 0 bridgehead atoms. The maximum atomic E-state index is 12.1. The fourth-order valence-corrected chi connectivity index (χ4v) is 2.07. The van der Waals surface area contributed by atoms with Crippen LogP contribution >= 0.6 is 15.9 Å². The highest BCUT2D eigenvalue weighted by Crippen LogP contribution is 2.16. The molecule has 122 valence electrons. The first kappa shape index (κ1) is 17.2. The Balaban J connectivity index is 2.02. The van der Waals surface area contributed by atoms with E-state index in [1.54, 1.807) is 36.4 Å². The van der Waals surface area contributed by atoms with Gasteiger partial charge in [-0.05, 0) is 66.2 Å². The van der Waals surface area contributed by atoms with Crippen molar-refractivity contribution < 1.29 is 14.0 Å². The number of hydrogen-bond donors (Lipinski definition) is 3. The topological polar surface area (TPSA) is 97.4 Å². The zero-order valence-corrected chi connectivity index (χ0v) is 14.4. The minimum Gasteiger partial charge on any atom is -0.444 e. The van der Waals surface area contributed by atoms with Gasteiger partial charge in [-0.3, -0.25) is 9.59 Å². The van der Waals surface area contributed by atoms with Crippen LogP contribution in [-0.4, -0.2) is 23.9 Å². The summed E-state index contributed by atoms with van der Waals surface area (Å²) in [4.78, 5) is 24.1. The van der Waals surface area contributed by atoms with Crippen LogP contribution in [0.2, 0.25) is 0 Å². The van der Waals surface area contributed by atoms with Crippen LogP contribution < -0.4 is 16.4 Å². The van der Waals surface area contributed by atoms with Crippen LogP contribution in [0.15, 0.2) is 45.5 Å². The third-order valence-corrected chi connectivity index (χ3v) is 3.59. The van der Waals surface area contributed by atoms with Crippen LogP contribution in [0.5, 0.6) is 0 Å². The molecule has 0 saturated heterocycles. The lowest BCUT2D eigenvalue weighted by molar-refractivity contribution is 0.0915. The van der Waals surface area contributed by atoms with E-state index in [1.807, 2.05) is 13.8 Å². The molecule has 1 aromatic heterocycles. The maximum Gasteiger partial charge on any atom is 0.291 e. The van der Waals surface area contributed by atoms with Gasteiger partial charge in [0.15, 0.2) is 10.4 Å². The molecule has 0 spiro atoms. The third kappa shape index (κ3) is 4.67. The number of halogens is 1. The van der Waals surface area contributed by atoms with E-state index in [0.717, 1.165) is 0 Å². The molecule has 4 N–H and O–H groups in total. The normalized spacial score (nSPS) is 11.1. The van der Waals surface area contributed by atoms with E-state index in [1.165, 1.54) is 0 Å². The summed E-state index contributed by atoms with van der Waals surface area (Å²) in [5, 5.41) is 5.53. The molecule has 0 radical (unpaired) electrons. The Bertz CT molecular complexity index is 708. The van der Waals surface area contributed by atoms with Gasteiger partial charge in [-0.15, -0.1) is 0 Å².